The summed E-state index contributed by atoms with van der Waals surface area (Å²) >= 11 is 1.40. The Morgan fingerprint density at radius 2 is 2.26 bits per heavy atom. The Balaban J connectivity index is 1.71. The molecule has 0 aliphatic heterocycles. The van der Waals surface area contributed by atoms with Crippen molar-refractivity contribution >= 4 is 17.2 Å². The highest BCUT2D eigenvalue weighted by Gasteiger charge is 2.33. The van der Waals surface area contributed by atoms with Crippen molar-refractivity contribution in [3.63, 3.8) is 0 Å². The molecule has 1 amide bonds. The first kappa shape index (κ1) is 15.5. The lowest BCUT2D eigenvalue weighted by Crippen LogP contribution is -2.50. The molecule has 1 fully saturated rings. The van der Waals surface area contributed by atoms with E-state index in [4.69, 9.17) is 4.42 Å². The predicted octanol–water partition coefficient (Wildman–Crippen LogP) is 1.91. The van der Waals surface area contributed by atoms with Gasteiger partial charge in [0.05, 0.1) is 10.9 Å². The maximum absolute atomic E-state index is 12.2. The van der Waals surface area contributed by atoms with Gasteiger partial charge in [0.15, 0.2) is 0 Å². The largest absolute Gasteiger partial charge is 0.437 e. The number of aromatic nitrogens is 2. The van der Waals surface area contributed by atoms with Crippen LogP contribution < -0.4 is 11.1 Å². The van der Waals surface area contributed by atoms with Crippen molar-refractivity contribution < 1.29 is 9.21 Å². The molecule has 8 heteroatoms. The Hall–Kier alpha value is -2.40. The minimum Gasteiger partial charge on any atom is -0.387 e. The van der Waals surface area contributed by atoms with Crippen molar-refractivity contribution in [3.8, 4) is 16.8 Å². The molecule has 0 radical (unpaired) electrons. The number of nitrogens with one attached hydrogen (secondary N) is 1. The van der Waals surface area contributed by atoms with E-state index in [-0.39, 0.29) is 12.4 Å². The number of rotatable bonds is 4. The summed E-state index contributed by atoms with van der Waals surface area (Å²) in [5.74, 6) is -0.884. The smallest absolute Gasteiger partial charge is 0.387 e. The summed E-state index contributed by atoms with van der Waals surface area (Å²) in [4.78, 5) is 24.7. The van der Waals surface area contributed by atoms with Crippen molar-refractivity contribution in [3.05, 3.63) is 28.1 Å². The van der Waals surface area contributed by atoms with Gasteiger partial charge in [-0.15, -0.1) is 16.4 Å². The van der Waals surface area contributed by atoms with Crippen LogP contribution in [0, 0.1) is 11.3 Å². The lowest BCUT2D eigenvalue weighted by molar-refractivity contribution is -0.123. The molecular formula is C15H16N4O3S. The molecule has 1 aliphatic rings. The molecule has 2 heterocycles. The number of hydrogen-bond acceptors (Lipinski definition) is 6. The minimum atomic E-state index is -0.820. The minimum absolute atomic E-state index is 0.200. The van der Waals surface area contributed by atoms with Gasteiger partial charge in [-0.1, -0.05) is 25.3 Å². The van der Waals surface area contributed by atoms with E-state index < -0.39 is 17.2 Å². The highest BCUT2D eigenvalue weighted by Crippen LogP contribution is 2.27. The molecule has 0 spiro atoms. The standard InChI is InChI=1S/C15H16N4O3S/c16-10-15(6-2-1-3-7-15)17-12(20)9-19-14(21)22-13(18-19)11-5-4-8-23-11/h4-5,8H,1-3,6-7,9H2,(H,17,20). The zero-order valence-corrected chi connectivity index (χ0v) is 13.3. The van der Waals surface area contributed by atoms with E-state index in [1.54, 1.807) is 6.07 Å². The van der Waals surface area contributed by atoms with Gasteiger partial charge in [0, 0.05) is 0 Å². The van der Waals surface area contributed by atoms with Gasteiger partial charge < -0.3 is 9.73 Å². The third kappa shape index (κ3) is 3.35. The second-order valence-corrected chi connectivity index (χ2v) is 6.56. The lowest BCUT2D eigenvalue weighted by Gasteiger charge is -2.31. The van der Waals surface area contributed by atoms with E-state index >= 15 is 0 Å². The first-order valence-corrected chi connectivity index (χ1v) is 8.34. The van der Waals surface area contributed by atoms with Crippen LogP contribution in [0.4, 0.5) is 0 Å². The summed E-state index contributed by atoms with van der Waals surface area (Å²) in [5, 5.41) is 18.0. The van der Waals surface area contributed by atoms with Crippen LogP contribution in [-0.2, 0) is 11.3 Å². The van der Waals surface area contributed by atoms with E-state index in [0.29, 0.717) is 12.8 Å². The number of amides is 1. The molecule has 7 nitrogen and oxygen atoms in total. The Labute approximate surface area is 136 Å². The molecule has 0 aromatic carbocycles. The van der Waals surface area contributed by atoms with Crippen molar-refractivity contribution in [1.29, 1.82) is 5.26 Å². The number of nitriles is 1. The average molecular weight is 332 g/mol. The van der Waals surface area contributed by atoms with Crippen LogP contribution in [0.5, 0.6) is 0 Å². The Kier molecular flexibility index (Phi) is 4.30. The number of hydrogen-bond donors (Lipinski definition) is 1. The second kappa shape index (κ2) is 6.38. The van der Waals surface area contributed by atoms with Crippen LogP contribution in [0.3, 0.4) is 0 Å². The number of carbonyl (C=O) groups excluding carboxylic acids is 1. The normalized spacial score (nSPS) is 16.7. The monoisotopic (exact) mass is 332 g/mol. The topological polar surface area (TPSA) is 101 Å². The summed E-state index contributed by atoms with van der Waals surface area (Å²) < 4.78 is 6.05. The van der Waals surface area contributed by atoms with Gasteiger partial charge in [-0.05, 0) is 24.3 Å². The van der Waals surface area contributed by atoms with Crippen LogP contribution >= 0.6 is 11.3 Å². The number of carbonyl (C=O) groups is 1. The van der Waals surface area contributed by atoms with Gasteiger partial charge in [-0.2, -0.15) is 9.94 Å². The Bertz CT molecular complexity index is 778. The van der Waals surface area contributed by atoms with Crippen LogP contribution in [0.15, 0.2) is 26.7 Å². The quantitative estimate of drug-likeness (QED) is 0.921. The third-order valence-electron chi connectivity index (χ3n) is 3.93. The summed E-state index contributed by atoms with van der Waals surface area (Å²) in [6, 6.07) is 5.82. The molecule has 120 valence electrons. The van der Waals surface area contributed by atoms with Crippen LogP contribution in [0.1, 0.15) is 32.1 Å². The van der Waals surface area contributed by atoms with Gasteiger partial charge in [0.1, 0.15) is 12.1 Å². The maximum atomic E-state index is 12.2. The van der Waals surface area contributed by atoms with E-state index in [1.165, 1.54) is 11.3 Å². The molecule has 0 unspecified atom stereocenters. The highest BCUT2D eigenvalue weighted by atomic mass is 32.1. The van der Waals surface area contributed by atoms with E-state index in [9.17, 15) is 14.9 Å². The summed E-state index contributed by atoms with van der Waals surface area (Å²) in [6.07, 6.45) is 4.19. The van der Waals surface area contributed by atoms with Crippen molar-refractivity contribution in [2.45, 2.75) is 44.2 Å². The van der Waals surface area contributed by atoms with E-state index in [1.807, 2.05) is 11.4 Å². The molecule has 3 rings (SSSR count). The van der Waals surface area contributed by atoms with Gasteiger partial charge >= 0.3 is 5.76 Å². The zero-order chi connectivity index (χ0) is 16.3. The van der Waals surface area contributed by atoms with Gasteiger partial charge in [0.25, 0.3) is 5.89 Å². The van der Waals surface area contributed by atoms with Crippen molar-refractivity contribution in [2.24, 2.45) is 0 Å². The Morgan fingerprint density at radius 1 is 1.48 bits per heavy atom. The third-order valence-corrected chi connectivity index (χ3v) is 4.79. The molecular weight excluding hydrogens is 316 g/mol. The van der Waals surface area contributed by atoms with Gasteiger partial charge in [-0.25, -0.2) is 4.79 Å². The summed E-state index contributed by atoms with van der Waals surface area (Å²) in [7, 11) is 0. The SMILES string of the molecule is N#CC1(NC(=O)Cn2nc(-c3cccs3)oc2=O)CCCCC1. The first-order valence-electron chi connectivity index (χ1n) is 7.46. The molecule has 0 saturated heterocycles. The van der Waals surface area contributed by atoms with E-state index in [2.05, 4.69) is 16.5 Å². The average Bonchev–Trinajstić information content (AvgIpc) is 3.19. The Morgan fingerprint density at radius 3 is 2.91 bits per heavy atom. The van der Waals surface area contributed by atoms with Crippen molar-refractivity contribution in [2.75, 3.05) is 0 Å². The van der Waals surface area contributed by atoms with Crippen LogP contribution in [0.25, 0.3) is 10.8 Å². The molecule has 23 heavy (non-hydrogen) atoms. The zero-order valence-electron chi connectivity index (χ0n) is 12.4. The summed E-state index contributed by atoms with van der Waals surface area (Å²) in [5.41, 5.74) is -0.820. The van der Waals surface area contributed by atoms with Crippen LogP contribution in [0.2, 0.25) is 0 Å². The molecule has 1 saturated carbocycles. The summed E-state index contributed by atoms with van der Waals surface area (Å²) in [6.45, 7) is -0.253. The molecule has 2 aromatic rings. The first-order chi connectivity index (χ1) is 11.1. The second-order valence-electron chi connectivity index (χ2n) is 5.61. The predicted molar refractivity (Wildman–Crippen MR) is 83.6 cm³/mol. The molecule has 1 aliphatic carbocycles. The molecule has 0 atom stereocenters. The fourth-order valence-corrected chi connectivity index (χ4v) is 3.41. The lowest BCUT2D eigenvalue weighted by atomic mass is 9.83. The van der Waals surface area contributed by atoms with Gasteiger partial charge in [0.2, 0.25) is 5.91 Å². The fourth-order valence-electron chi connectivity index (χ4n) is 2.77. The molecule has 1 N–H and O–H groups in total. The number of thiophene rings is 1. The fraction of sp³-hybridized carbons (Fsp3) is 0.467. The highest BCUT2D eigenvalue weighted by molar-refractivity contribution is 7.13. The van der Waals surface area contributed by atoms with E-state index in [0.717, 1.165) is 28.8 Å². The molecule has 2 aromatic heterocycles. The van der Waals surface area contributed by atoms with Crippen molar-refractivity contribution in [1.82, 2.24) is 15.1 Å². The van der Waals surface area contributed by atoms with Gasteiger partial charge in [-0.3, -0.25) is 4.79 Å². The number of nitrogens with zero attached hydrogens (tertiary/aromatic N) is 3. The molecule has 0 bridgehead atoms. The maximum Gasteiger partial charge on any atom is 0.437 e. The van der Waals surface area contributed by atoms with Crippen LogP contribution in [-0.4, -0.2) is 21.2 Å².